The molecule has 0 bridgehead atoms. The number of benzene rings is 2. The predicted octanol–water partition coefficient (Wildman–Crippen LogP) is 4.85. The van der Waals surface area contributed by atoms with Gasteiger partial charge in [-0.1, -0.05) is 28.1 Å². The molecule has 0 atom stereocenters. The number of carbonyl (C=O) groups excluding carboxylic acids is 1. The Kier molecular flexibility index (Phi) is 5.09. The van der Waals surface area contributed by atoms with Crippen molar-refractivity contribution in [2.45, 2.75) is 13.8 Å². The number of rotatable bonds is 4. The van der Waals surface area contributed by atoms with Crippen molar-refractivity contribution in [3.05, 3.63) is 76.0 Å². The summed E-state index contributed by atoms with van der Waals surface area (Å²) in [5.74, 6) is 0.203. The monoisotopic (exact) mass is 396 g/mol. The second-order valence-electron chi connectivity index (χ2n) is 5.70. The van der Waals surface area contributed by atoms with Gasteiger partial charge in [0, 0.05) is 28.2 Å². The summed E-state index contributed by atoms with van der Waals surface area (Å²) < 4.78 is 0.970. The number of hydrogen-bond donors (Lipinski definition) is 2. The molecule has 6 heteroatoms. The van der Waals surface area contributed by atoms with Gasteiger partial charge in [-0.05, 0) is 55.3 Å². The van der Waals surface area contributed by atoms with Crippen LogP contribution in [0.15, 0.2) is 59.3 Å². The van der Waals surface area contributed by atoms with Gasteiger partial charge in [0.25, 0.3) is 5.91 Å². The number of nitrogens with one attached hydrogen (secondary N) is 2. The Labute approximate surface area is 154 Å². The molecule has 0 spiro atoms. The molecule has 0 unspecified atom stereocenters. The lowest BCUT2D eigenvalue weighted by Gasteiger charge is -2.09. The topological polar surface area (TPSA) is 66.9 Å². The zero-order valence-corrected chi connectivity index (χ0v) is 15.5. The molecule has 0 saturated carbocycles. The molecule has 0 aliphatic heterocycles. The molecule has 5 nitrogen and oxygen atoms in total. The van der Waals surface area contributed by atoms with Gasteiger partial charge in [-0.25, -0.2) is 9.97 Å². The van der Waals surface area contributed by atoms with E-state index >= 15 is 0 Å². The van der Waals surface area contributed by atoms with Crippen molar-refractivity contribution in [2.24, 2.45) is 0 Å². The standard InChI is InChI=1S/C19H17BrN4O/c1-12-4-3-5-16(8-12)23-19-21-10-14(11-22-19)18(25)24-17-7-6-15(20)9-13(17)2/h3-11H,1-2H3,(H,24,25)(H,21,22,23). The van der Waals surface area contributed by atoms with Crippen LogP contribution in [0, 0.1) is 13.8 Å². The van der Waals surface area contributed by atoms with E-state index in [1.54, 1.807) is 0 Å². The van der Waals surface area contributed by atoms with Gasteiger partial charge >= 0.3 is 0 Å². The van der Waals surface area contributed by atoms with Crippen LogP contribution in [-0.4, -0.2) is 15.9 Å². The summed E-state index contributed by atoms with van der Waals surface area (Å²) in [6.45, 7) is 3.95. The lowest BCUT2D eigenvalue weighted by molar-refractivity contribution is 0.102. The van der Waals surface area contributed by atoms with Crippen LogP contribution in [0.4, 0.5) is 17.3 Å². The van der Waals surface area contributed by atoms with Gasteiger partial charge in [-0.2, -0.15) is 0 Å². The molecule has 1 heterocycles. The summed E-state index contributed by atoms with van der Waals surface area (Å²) in [5, 5.41) is 5.99. The van der Waals surface area contributed by atoms with Crippen LogP contribution in [0.25, 0.3) is 0 Å². The van der Waals surface area contributed by atoms with E-state index in [1.807, 2.05) is 56.3 Å². The van der Waals surface area contributed by atoms with Crippen LogP contribution in [0.3, 0.4) is 0 Å². The normalized spacial score (nSPS) is 10.4. The van der Waals surface area contributed by atoms with Crippen LogP contribution in [0.2, 0.25) is 0 Å². The number of aromatic nitrogens is 2. The summed E-state index contributed by atoms with van der Waals surface area (Å²) in [7, 11) is 0. The minimum Gasteiger partial charge on any atom is -0.324 e. The maximum atomic E-state index is 12.3. The number of anilines is 3. The average Bonchev–Trinajstić information content (AvgIpc) is 2.58. The quantitative estimate of drug-likeness (QED) is 0.661. The molecule has 126 valence electrons. The SMILES string of the molecule is Cc1cccc(Nc2ncc(C(=O)Nc3ccc(Br)cc3C)cn2)c1. The number of aryl methyl sites for hydroxylation is 2. The van der Waals surface area contributed by atoms with Crippen molar-refractivity contribution in [1.82, 2.24) is 9.97 Å². The summed E-state index contributed by atoms with van der Waals surface area (Å²) in [5.41, 5.74) is 4.18. The number of hydrogen-bond acceptors (Lipinski definition) is 4. The van der Waals surface area contributed by atoms with E-state index in [4.69, 9.17) is 0 Å². The zero-order chi connectivity index (χ0) is 17.8. The molecule has 2 N–H and O–H groups in total. The number of amides is 1. The fourth-order valence-corrected chi connectivity index (χ4v) is 2.80. The minimum atomic E-state index is -0.243. The fraction of sp³-hybridized carbons (Fsp3) is 0.105. The van der Waals surface area contributed by atoms with Crippen LogP contribution in [-0.2, 0) is 0 Å². The lowest BCUT2D eigenvalue weighted by Crippen LogP contribution is -2.13. The van der Waals surface area contributed by atoms with Crippen molar-refractivity contribution in [3.63, 3.8) is 0 Å². The average molecular weight is 397 g/mol. The molecule has 0 aliphatic rings. The summed E-state index contributed by atoms with van der Waals surface area (Å²) in [4.78, 5) is 20.8. The van der Waals surface area contributed by atoms with Crippen molar-refractivity contribution >= 4 is 39.2 Å². The minimum absolute atomic E-state index is 0.243. The molecular formula is C19H17BrN4O. The molecule has 3 rings (SSSR count). The maximum absolute atomic E-state index is 12.3. The highest BCUT2D eigenvalue weighted by atomic mass is 79.9. The molecular weight excluding hydrogens is 380 g/mol. The third-order valence-electron chi connectivity index (χ3n) is 3.62. The van der Waals surface area contributed by atoms with E-state index in [9.17, 15) is 4.79 Å². The van der Waals surface area contributed by atoms with Gasteiger partial charge in [0.05, 0.1) is 5.56 Å². The van der Waals surface area contributed by atoms with Crippen LogP contribution >= 0.6 is 15.9 Å². The van der Waals surface area contributed by atoms with Crippen LogP contribution in [0.1, 0.15) is 21.5 Å². The lowest BCUT2D eigenvalue weighted by atomic mass is 10.2. The maximum Gasteiger partial charge on any atom is 0.258 e. The van der Waals surface area contributed by atoms with Crippen LogP contribution in [0.5, 0.6) is 0 Å². The summed E-state index contributed by atoms with van der Waals surface area (Å²) in [6.07, 6.45) is 3.02. The second-order valence-corrected chi connectivity index (χ2v) is 6.62. The third kappa shape index (κ3) is 4.42. The van der Waals surface area contributed by atoms with Gasteiger partial charge in [0.1, 0.15) is 0 Å². The third-order valence-corrected chi connectivity index (χ3v) is 4.12. The van der Waals surface area contributed by atoms with E-state index in [1.165, 1.54) is 12.4 Å². The van der Waals surface area contributed by atoms with Gasteiger partial charge in [0.2, 0.25) is 5.95 Å². The summed E-state index contributed by atoms with van der Waals surface area (Å²) >= 11 is 3.41. The Bertz CT molecular complexity index is 910. The molecule has 0 aliphatic carbocycles. The first-order valence-corrected chi connectivity index (χ1v) is 8.54. The van der Waals surface area contributed by atoms with Crippen molar-refractivity contribution < 1.29 is 4.79 Å². The molecule has 0 fully saturated rings. The molecule has 0 radical (unpaired) electrons. The molecule has 1 amide bonds. The fourth-order valence-electron chi connectivity index (χ4n) is 2.32. The first-order chi connectivity index (χ1) is 12.0. The van der Waals surface area contributed by atoms with E-state index in [-0.39, 0.29) is 5.91 Å². The van der Waals surface area contributed by atoms with Crippen molar-refractivity contribution in [2.75, 3.05) is 10.6 Å². The Hall–Kier alpha value is -2.73. The molecule has 0 saturated heterocycles. The highest BCUT2D eigenvalue weighted by Crippen LogP contribution is 2.21. The predicted molar refractivity (Wildman–Crippen MR) is 103 cm³/mol. The molecule has 1 aromatic heterocycles. The molecule has 25 heavy (non-hydrogen) atoms. The zero-order valence-electron chi connectivity index (χ0n) is 13.9. The van der Waals surface area contributed by atoms with E-state index in [2.05, 4.69) is 36.5 Å². The van der Waals surface area contributed by atoms with Gasteiger partial charge in [-0.15, -0.1) is 0 Å². The van der Waals surface area contributed by atoms with Gasteiger partial charge in [-0.3, -0.25) is 4.79 Å². The highest BCUT2D eigenvalue weighted by Gasteiger charge is 2.09. The Morgan fingerprint density at radius 3 is 2.48 bits per heavy atom. The number of halogens is 1. The number of carbonyl (C=O) groups is 1. The Morgan fingerprint density at radius 2 is 1.80 bits per heavy atom. The van der Waals surface area contributed by atoms with E-state index in [0.29, 0.717) is 11.5 Å². The van der Waals surface area contributed by atoms with Gasteiger partial charge < -0.3 is 10.6 Å². The first-order valence-electron chi connectivity index (χ1n) is 7.74. The van der Waals surface area contributed by atoms with Crippen LogP contribution < -0.4 is 10.6 Å². The Balaban J connectivity index is 1.70. The largest absolute Gasteiger partial charge is 0.324 e. The smallest absolute Gasteiger partial charge is 0.258 e. The van der Waals surface area contributed by atoms with Gasteiger partial charge in [0.15, 0.2) is 0 Å². The number of nitrogens with zero attached hydrogens (tertiary/aromatic N) is 2. The van der Waals surface area contributed by atoms with E-state index < -0.39 is 0 Å². The summed E-state index contributed by atoms with van der Waals surface area (Å²) in [6, 6.07) is 13.6. The van der Waals surface area contributed by atoms with E-state index in [0.717, 1.165) is 27.0 Å². The van der Waals surface area contributed by atoms with Crippen molar-refractivity contribution in [1.29, 1.82) is 0 Å². The first kappa shape index (κ1) is 17.1. The molecule has 2 aromatic carbocycles. The Morgan fingerprint density at radius 1 is 1.04 bits per heavy atom. The van der Waals surface area contributed by atoms with Crippen molar-refractivity contribution in [3.8, 4) is 0 Å². The second kappa shape index (κ2) is 7.44. The highest BCUT2D eigenvalue weighted by molar-refractivity contribution is 9.10. The molecule has 3 aromatic rings.